The van der Waals surface area contributed by atoms with Crippen molar-refractivity contribution in [3.63, 3.8) is 0 Å². The normalized spacial score (nSPS) is 17.8. The highest BCUT2D eigenvalue weighted by Crippen LogP contribution is 2.27. The Morgan fingerprint density at radius 3 is 2.75 bits per heavy atom. The first-order valence-electron chi connectivity index (χ1n) is 7.44. The van der Waals surface area contributed by atoms with Crippen molar-refractivity contribution in [3.8, 4) is 0 Å². The molecule has 1 saturated heterocycles. The molecule has 4 heteroatoms. The highest BCUT2D eigenvalue weighted by atomic mass is 15.2. The van der Waals surface area contributed by atoms with Gasteiger partial charge in [-0.1, -0.05) is 19.9 Å². The van der Waals surface area contributed by atoms with Gasteiger partial charge in [0.25, 0.3) is 0 Å². The SMILES string of the molecule is Cc1nc2ccc(C(C)(C)CN3CCNCC3)cc2[nH]1. The number of fused-ring (bicyclic) bond motifs is 1. The zero-order valence-electron chi connectivity index (χ0n) is 12.7. The number of aryl methyl sites for hydroxylation is 1. The maximum Gasteiger partial charge on any atom is 0.104 e. The number of H-pyrrole nitrogens is 1. The first kappa shape index (κ1) is 13.6. The van der Waals surface area contributed by atoms with Crippen molar-refractivity contribution in [2.45, 2.75) is 26.2 Å². The van der Waals surface area contributed by atoms with Crippen molar-refractivity contribution >= 4 is 11.0 Å². The molecule has 0 radical (unpaired) electrons. The number of aromatic nitrogens is 2. The van der Waals surface area contributed by atoms with Crippen LogP contribution in [-0.2, 0) is 5.41 Å². The minimum absolute atomic E-state index is 0.157. The average molecular weight is 272 g/mol. The Labute approximate surface area is 120 Å². The van der Waals surface area contributed by atoms with E-state index < -0.39 is 0 Å². The fraction of sp³-hybridized carbons (Fsp3) is 0.562. The van der Waals surface area contributed by atoms with Crippen LogP contribution in [0.2, 0.25) is 0 Å². The van der Waals surface area contributed by atoms with Gasteiger partial charge in [0, 0.05) is 38.1 Å². The highest BCUT2D eigenvalue weighted by molar-refractivity contribution is 5.76. The van der Waals surface area contributed by atoms with Crippen LogP contribution in [0.25, 0.3) is 11.0 Å². The smallest absolute Gasteiger partial charge is 0.104 e. The van der Waals surface area contributed by atoms with Gasteiger partial charge in [0.1, 0.15) is 5.82 Å². The molecular formula is C16H24N4. The molecule has 2 aromatic rings. The Bertz CT molecular complexity index is 594. The summed E-state index contributed by atoms with van der Waals surface area (Å²) in [4.78, 5) is 10.4. The lowest BCUT2D eigenvalue weighted by Gasteiger charge is -2.35. The van der Waals surface area contributed by atoms with E-state index in [0.29, 0.717) is 0 Å². The fourth-order valence-corrected chi connectivity index (χ4v) is 3.08. The summed E-state index contributed by atoms with van der Waals surface area (Å²) in [7, 11) is 0. The van der Waals surface area contributed by atoms with Gasteiger partial charge in [-0.25, -0.2) is 4.98 Å². The summed E-state index contributed by atoms with van der Waals surface area (Å²) in [6, 6.07) is 6.62. The first-order valence-corrected chi connectivity index (χ1v) is 7.44. The first-order chi connectivity index (χ1) is 9.54. The number of aromatic amines is 1. The van der Waals surface area contributed by atoms with Crippen molar-refractivity contribution in [2.24, 2.45) is 0 Å². The minimum Gasteiger partial charge on any atom is -0.342 e. The quantitative estimate of drug-likeness (QED) is 0.899. The molecule has 0 unspecified atom stereocenters. The molecule has 0 saturated carbocycles. The van der Waals surface area contributed by atoms with E-state index in [2.05, 4.69) is 52.2 Å². The monoisotopic (exact) mass is 272 g/mol. The van der Waals surface area contributed by atoms with Crippen LogP contribution >= 0.6 is 0 Å². The van der Waals surface area contributed by atoms with E-state index in [-0.39, 0.29) is 5.41 Å². The molecule has 0 amide bonds. The lowest BCUT2D eigenvalue weighted by Crippen LogP contribution is -2.47. The summed E-state index contributed by atoms with van der Waals surface area (Å²) in [5, 5.41) is 3.41. The van der Waals surface area contributed by atoms with Gasteiger partial charge in [-0.05, 0) is 24.6 Å². The summed E-state index contributed by atoms with van der Waals surface area (Å²) in [6.45, 7) is 12.3. The second-order valence-electron chi connectivity index (χ2n) is 6.46. The molecule has 4 nitrogen and oxygen atoms in total. The Hall–Kier alpha value is -1.39. The van der Waals surface area contributed by atoms with Gasteiger partial charge >= 0.3 is 0 Å². The lowest BCUT2D eigenvalue weighted by atomic mass is 9.83. The van der Waals surface area contributed by atoms with Crippen LogP contribution in [-0.4, -0.2) is 47.6 Å². The Morgan fingerprint density at radius 2 is 2.00 bits per heavy atom. The minimum atomic E-state index is 0.157. The number of benzene rings is 1. The Balaban J connectivity index is 1.83. The molecule has 3 rings (SSSR count). The third-order valence-electron chi connectivity index (χ3n) is 4.21. The Kier molecular flexibility index (Phi) is 3.52. The van der Waals surface area contributed by atoms with Gasteiger partial charge in [0.15, 0.2) is 0 Å². The second-order valence-corrected chi connectivity index (χ2v) is 6.46. The van der Waals surface area contributed by atoms with Gasteiger partial charge in [-0.15, -0.1) is 0 Å². The van der Waals surface area contributed by atoms with Crippen molar-refractivity contribution in [2.75, 3.05) is 32.7 Å². The largest absolute Gasteiger partial charge is 0.342 e. The maximum absolute atomic E-state index is 4.48. The number of imidazole rings is 1. The number of hydrogen-bond acceptors (Lipinski definition) is 3. The second kappa shape index (κ2) is 5.19. The molecule has 0 atom stereocenters. The molecular weight excluding hydrogens is 248 g/mol. The topological polar surface area (TPSA) is 44.0 Å². The van der Waals surface area contributed by atoms with Gasteiger partial charge in [-0.3, -0.25) is 4.90 Å². The summed E-state index contributed by atoms with van der Waals surface area (Å²) in [6.07, 6.45) is 0. The van der Waals surface area contributed by atoms with Crippen LogP contribution in [0.1, 0.15) is 25.2 Å². The van der Waals surface area contributed by atoms with Crippen molar-refractivity contribution in [1.29, 1.82) is 0 Å². The molecule has 1 aliphatic rings. The summed E-state index contributed by atoms with van der Waals surface area (Å²) >= 11 is 0. The predicted molar refractivity (Wildman–Crippen MR) is 83.2 cm³/mol. The molecule has 2 N–H and O–H groups in total. The number of nitrogens with zero attached hydrogens (tertiary/aromatic N) is 2. The predicted octanol–water partition coefficient (Wildman–Crippen LogP) is 2.05. The van der Waals surface area contributed by atoms with Crippen molar-refractivity contribution in [1.82, 2.24) is 20.2 Å². The van der Waals surface area contributed by atoms with Gasteiger partial charge in [-0.2, -0.15) is 0 Å². The number of rotatable bonds is 3. The van der Waals surface area contributed by atoms with E-state index in [1.807, 2.05) is 6.92 Å². The lowest BCUT2D eigenvalue weighted by molar-refractivity contribution is 0.200. The van der Waals surface area contributed by atoms with Gasteiger partial charge in [0.2, 0.25) is 0 Å². The summed E-state index contributed by atoms with van der Waals surface area (Å²) in [5.41, 5.74) is 3.75. The fourth-order valence-electron chi connectivity index (χ4n) is 3.08. The molecule has 0 bridgehead atoms. The van der Waals surface area contributed by atoms with E-state index >= 15 is 0 Å². The van der Waals surface area contributed by atoms with Crippen LogP contribution in [0, 0.1) is 6.92 Å². The Morgan fingerprint density at radius 1 is 1.25 bits per heavy atom. The summed E-state index contributed by atoms with van der Waals surface area (Å²) in [5.74, 6) is 0.983. The third kappa shape index (κ3) is 2.72. The third-order valence-corrected chi connectivity index (χ3v) is 4.21. The van der Waals surface area contributed by atoms with E-state index in [1.165, 1.54) is 5.56 Å². The standard InChI is InChI=1S/C16H24N4/c1-12-18-14-5-4-13(10-15(14)19-12)16(2,3)11-20-8-6-17-7-9-20/h4-5,10,17H,6-9,11H2,1-3H3,(H,18,19). The molecule has 0 spiro atoms. The molecule has 1 aromatic heterocycles. The van der Waals surface area contributed by atoms with Gasteiger partial charge in [0.05, 0.1) is 11.0 Å². The van der Waals surface area contributed by atoms with E-state index in [0.717, 1.165) is 49.6 Å². The van der Waals surface area contributed by atoms with E-state index in [1.54, 1.807) is 0 Å². The van der Waals surface area contributed by atoms with Crippen LogP contribution in [0.3, 0.4) is 0 Å². The van der Waals surface area contributed by atoms with Crippen LogP contribution in [0.5, 0.6) is 0 Å². The van der Waals surface area contributed by atoms with Crippen LogP contribution in [0.15, 0.2) is 18.2 Å². The zero-order chi connectivity index (χ0) is 14.2. The molecule has 2 heterocycles. The molecule has 1 aliphatic heterocycles. The molecule has 20 heavy (non-hydrogen) atoms. The van der Waals surface area contributed by atoms with E-state index in [9.17, 15) is 0 Å². The highest BCUT2D eigenvalue weighted by Gasteiger charge is 2.25. The molecule has 0 aliphatic carbocycles. The van der Waals surface area contributed by atoms with Crippen molar-refractivity contribution < 1.29 is 0 Å². The van der Waals surface area contributed by atoms with Crippen molar-refractivity contribution in [3.05, 3.63) is 29.6 Å². The summed E-state index contributed by atoms with van der Waals surface area (Å²) < 4.78 is 0. The number of piperazine rings is 1. The van der Waals surface area contributed by atoms with E-state index in [4.69, 9.17) is 0 Å². The molecule has 1 aromatic carbocycles. The average Bonchev–Trinajstić information content (AvgIpc) is 2.78. The molecule has 1 fully saturated rings. The zero-order valence-corrected chi connectivity index (χ0v) is 12.7. The molecule has 108 valence electrons. The number of nitrogens with one attached hydrogen (secondary N) is 2. The van der Waals surface area contributed by atoms with Crippen LogP contribution in [0.4, 0.5) is 0 Å². The van der Waals surface area contributed by atoms with Gasteiger partial charge < -0.3 is 10.3 Å². The van der Waals surface area contributed by atoms with Crippen LogP contribution < -0.4 is 5.32 Å². The number of hydrogen-bond donors (Lipinski definition) is 2. The maximum atomic E-state index is 4.48.